The minimum Gasteiger partial charge on any atom is -0.481 e. The van der Waals surface area contributed by atoms with E-state index in [1.54, 1.807) is 6.92 Å². The number of hydrogen-bond acceptors (Lipinski definition) is 4. The van der Waals surface area contributed by atoms with Gasteiger partial charge in [0.1, 0.15) is 11.0 Å². The largest absolute Gasteiger partial charge is 0.481 e. The number of benzene rings is 1. The van der Waals surface area contributed by atoms with Crippen molar-refractivity contribution in [1.29, 1.82) is 0 Å². The Labute approximate surface area is 147 Å². The highest BCUT2D eigenvalue weighted by Crippen LogP contribution is 2.37. The molecule has 0 aliphatic rings. The van der Waals surface area contributed by atoms with Crippen molar-refractivity contribution in [3.8, 4) is 0 Å². The average Bonchev–Trinajstić information content (AvgIpc) is 2.56. The molecule has 6 heteroatoms. The minimum absolute atomic E-state index is 0.0202. The molecule has 0 saturated carbocycles. The first-order chi connectivity index (χ1) is 11.8. The van der Waals surface area contributed by atoms with Gasteiger partial charge in [-0.25, -0.2) is 4.79 Å². The van der Waals surface area contributed by atoms with Crippen LogP contribution in [0.3, 0.4) is 0 Å². The standard InChI is InChI=1S/C19H25NO5/c1-4-11-19(5-2,18(24)25)16(15(13(3)21)17(22)23)20-12-14-9-7-6-8-10-14/h6-10,20H,4-5,11-12H2,1-3H3,(H,22,23)(H,24,25). The third-order valence-electron chi connectivity index (χ3n) is 4.30. The zero-order chi connectivity index (χ0) is 19.0. The monoisotopic (exact) mass is 347 g/mol. The molecule has 0 fully saturated rings. The molecule has 0 bridgehead atoms. The SMILES string of the molecule is CCCC(CC)(C(=O)O)C(NCc1ccccc1)=C(C(C)=O)C(=O)O. The molecular formula is C19H25NO5. The maximum Gasteiger partial charge on any atom is 0.341 e. The van der Waals surface area contributed by atoms with Crippen molar-refractivity contribution < 1.29 is 24.6 Å². The van der Waals surface area contributed by atoms with Crippen molar-refractivity contribution in [3.05, 3.63) is 47.2 Å². The normalized spacial score (nSPS) is 14.2. The summed E-state index contributed by atoms with van der Waals surface area (Å²) >= 11 is 0. The molecule has 0 amide bonds. The van der Waals surface area contributed by atoms with Gasteiger partial charge >= 0.3 is 11.9 Å². The quantitative estimate of drug-likeness (QED) is 0.341. The second-order valence-electron chi connectivity index (χ2n) is 5.94. The van der Waals surface area contributed by atoms with Crippen LogP contribution in [0.5, 0.6) is 0 Å². The molecule has 25 heavy (non-hydrogen) atoms. The van der Waals surface area contributed by atoms with Gasteiger partial charge in [0.25, 0.3) is 0 Å². The number of carboxylic acids is 2. The Morgan fingerprint density at radius 3 is 2.08 bits per heavy atom. The molecular weight excluding hydrogens is 322 g/mol. The molecule has 0 spiro atoms. The highest BCUT2D eigenvalue weighted by molar-refractivity contribution is 6.16. The fourth-order valence-corrected chi connectivity index (χ4v) is 2.99. The van der Waals surface area contributed by atoms with E-state index in [0.717, 1.165) is 12.5 Å². The fraction of sp³-hybridized carbons (Fsp3) is 0.421. The number of aliphatic carboxylic acids is 2. The van der Waals surface area contributed by atoms with Crippen LogP contribution in [0.1, 0.15) is 45.6 Å². The van der Waals surface area contributed by atoms with Crippen LogP contribution < -0.4 is 5.32 Å². The van der Waals surface area contributed by atoms with Crippen molar-refractivity contribution in [2.75, 3.05) is 0 Å². The molecule has 136 valence electrons. The Morgan fingerprint density at radius 2 is 1.68 bits per heavy atom. The molecule has 1 unspecified atom stereocenters. The van der Waals surface area contributed by atoms with Crippen LogP contribution in [0, 0.1) is 5.41 Å². The third-order valence-corrected chi connectivity index (χ3v) is 4.30. The van der Waals surface area contributed by atoms with Crippen LogP contribution in [-0.2, 0) is 20.9 Å². The van der Waals surface area contributed by atoms with Crippen LogP contribution >= 0.6 is 0 Å². The van der Waals surface area contributed by atoms with Gasteiger partial charge in [0.2, 0.25) is 0 Å². The summed E-state index contributed by atoms with van der Waals surface area (Å²) in [5.74, 6) is -3.22. The van der Waals surface area contributed by atoms with E-state index in [1.165, 1.54) is 0 Å². The lowest BCUT2D eigenvalue weighted by atomic mass is 9.75. The number of carbonyl (C=O) groups excluding carboxylic acids is 1. The van der Waals surface area contributed by atoms with Crippen molar-refractivity contribution in [1.82, 2.24) is 5.32 Å². The molecule has 0 aliphatic carbocycles. The summed E-state index contributed by atoms with van der Waals surface area (Å²) in [7, 11) is 0. The van der Waals surface area contributed by atoms with E-state index in [-0.39, 0.29) is 25.1 Å². The van der Waals surface area contributed by atoms with Gasteiger partial charge < -0.3 is 15.5 Å². The Kier molecular flexibility index (Phi) is 7.36. The first-order valence-corrected chi connectivity index (χ1v) is 8.30. The Bertz CT molecular complexity index is 650. The fourth-order valence-electron chi connectivity index (χ4n) is 2.99. The number of hydrogen-bond donors (Lipinski definition) is 3. The van der Waals surface area contributed by atoms with Crippen LogP contribution in [0.15, 0.2) is 41.6 Å². The predicted molar refractivity (Wildman–Crippen MR) is 93.9 cm³/mol. The second kappa shape index (κ2) is 9.01. The lowest BCUT2D eigenvalue weighted by Gasteiger charge is -2.32. The van der Waals surface area contributed by atoms with Crippen molar-refractivity contribution in [2.24, 2.45) is 5.41 Å². The molecule has 0 aliphatic heterocycles. The zero-order valence-electron chi connectivity index (χ0n) is 14.8. The molecule has 1 rings (SSSR count). The first kappa shape index (κ1) is 20.4. The van der Waals surface area contributed by atoms with Crippen molar-refractivity contribution in [2.45, 2.75) is 46.6 Å². The second-order valence-corrected chi connectivity index (χ2v) is 5.94. The summed E-state index contributed by atoms with van der Waals surface area (Å²) in [5.41, 5.74) is -1.09. The summed E-state index contributed by atoms with van der Waals surface area (Å²) in [5, 5.41) is 22.3. The van der Waals surface area contributed by atoms with E-state index in [9.17, 15) is 24.6 Å². The van der Waals surface area contributed by atoms with E-state index in [2.05, 4.69) is 5.32 Å². The van der Waals surface area contributed by atoms with Gasteiger partial charge in [0.05, 0.1) is 0 Å². The molecule has 6 nitrogen and oxygen atoms in total. The summed E-state index contributed by atoms with van der Waals surface area (Å²) in [6.45, 7) is 4.89. The smallest absolute Gasteiger partial charge is 0.341 e. The Hall–Kier alpha value is -2.63. The summed E-state index contributed by atoms with van der Waals surface area (Å²) < 4.78 is 0. The predicted octanol–water partition coefficient (Wildman–Crippen LogP) is 2.99. The van der Waals surface area contributed by atoms with Crippen LogP contribution in [0.25, 0.3) is 0 Å². The molecule has 1 aromatic carbocycles. The molecule has 1 atom stereocenters. The van der Waals surface area contributed by atoms with Crippen molar-refractivity contribution in [3.63, 3.8) is 0 Å². The van der Waals surface area contributed by atoms with E-state index in [0.29, 0.717) is 6.42 Å². The van der Waals surface area contributed by atoms with E-state index < -0.39 is 28.7 Å². The van der Waals surface area contributed by atoms with Gasteiger partial charge in [-0.05, 0) is 25.3 Å². The van der Waals surface area contributed by atoms with E-state index in [4.69, 9.17) is 0 Å². The lowest BCUT2D eigenvalue weighted by molar-refractivity contribution is -0.147. The van der Waals surface area contributed by atoms with E-state index >= 15 is 0 Å². The van der Waals surface area contributed by atoms with Crippen molar-refractivity contribution >= 4 is 17.7 Å². The minimum atomic E-state index is -1.44. The first-order valence-electron chi connectivity index (χ1n) is 8.30. The molecule has 1 aromatic rings. The number of ketones is 1. The molecule has 0 aromatic heterocycles. The topological polar surface area (TPSA) is 104 Å². The van der Waals surface area contributed by atoms with Gasteiger partial charge in [-0.3, -0.25) is 9.59 Å². The summed E-state index contributed by atoms with van der Waals surface area (Å²) in [6.07, 6.45) is 0.957. The number of nitrogens with one attached hydrogen (secondary N) is 1. The molecule has 0 saturated heterocycles. The van der Waals surface area contributed by atoms with Gasteiger partial charge in [-0.2, -0.15) is 0 Å². The summed E-state index contributed by atoms with van der Waals surface area (Å²) in [4.78, 5) is 35.7. The van der Waals surface area contributed by atoms with Gasteiger partial charge in [0, 0.05) is 12.2 Å². The molecule has 0 radical (unpaired) electrons. The number of Topliss-reactive ketones (excluding diaryl/α,β-unsaturated/α-hetero) is 1. The van der Waals surface area contributed by atoms with Gasteiger partial charge in [0.15, 0.2) is 5.78 Å². The van der Waals surface area contributed by atoms with Gasteiger partial charge in [-0.15, -0.1) is 0 Å². The van der Waals surface area contributed by atoms with Crippen LogP contribution in [0.4, 0.5) is 0 Å². The summed E-state index contributed by atoms with van der Waals surface area (Å²) in [6, 6.07) is 9.20. The highest BCUT2D eigenvalue weighted by atomic mass is 16.4. The highest BCUT2D eigenvalue weighted by Gasteiger charge is 2.43. The van der Waals surface area contributed by atoms with Crippen LogP contribution in [0.2, 0.25) is 0 Å². The third kappa shape index (κ3) is 4.68. The van der Waals surface area contributed by atoms with E-state index in [1.807, 2.05) is 37.3 Å². The maximum absolute atomic E-state index is 12.1. The number of carbonyl (C=O) groups is 3. The number of rotatable bonds is 10. The molecule has 3 N–H and O–H groups in total. The number of carboxylic acid groups (broad SMARTS) is 2. The Balaban J connectivity index is 3.49. The average molecular weight is 347 g/mol. The maximum atomic E-state index is 12.1. The lowest BCUT2D eigenvalue weighted by Crippen LogP contribution is -2.41. The molecule has 0 heterocycles. The zero-order valence-corrected chi connectivity index (χ0v) is 14.8. The van der Waals surface area contributed by atoms with Gasteiger partial charge in [-0.1, -0.05) is 50.6 Å². The van der Waals surface area contributed by atoms with Crippen LogP contribution in [-0.4, -0.2) is 27.9 Å². The Morgan fingerprint density at radius 1 is 1.08 bits per heavy atom.